The molecule has 6 nitrogen and oxygen atoms in total. The summed E-state index contributed by atoms with van der Waals surface area (Å²) in [5, 5.41) is 7.33. The predicted octanol–water partition coefficient (Wildman–Crippen LogP) is 5.10. The Morgan fingerprint density at radius 3 is 2.61 bits per heavy atom. The third-order valence-electron chi connectivity index (χ3n) is 5.08. The maximum atomic E-state index is 12.1. The summed E-state index contributed by atoms with van der Waals surface area (Å²) < 4.78 is 5.52. The number of nitrogens with one attached hydrogen (secondary N) is 2. The summed E-state index contributed by atoms with van der Waals surface area (Å²) in [5.41, 5.74) is 3.55. The van der Waals surface area contributed by atoms with E-state index in [9.17, 15) is 4.79 Å². The molecule has 2 aromatic heterocycles. The van der Waals surface area contributed by atoms with E-state index in [0.29, 0.717) is 26.1 Å². The highest BCUT2D eigenvalue weighted by molar-refractivity contribution is 7.19. The first-order valence-electron chi connectivity index (χ1n) is 11.0. The molecule has 0 radical (unpaired) electrons. The Morgan fingerprint density at radius 1 is 1.06 bits per heavy atom. The summed E-state index contributed by atoms with van der Waals surface area (Å²) >= 11 is 1.67. The fourth-order valence-corrected chi connectivity index (χ4v) is 4.39. The van der Waals surface area contributed by atoms with Crippen molar-refractivity contribution in [3.8, 4) is 11.1 Å². The number of fused-ring (bicyclic) bond motifs is 1. The van der Waals surface area contributed by atoms with Gasteiger partial charge in [-0.2, -0.15) is 0 Å². The van der Waals surface area contributed by atoms with Gasteiger partial charge in [0, 0.05) is 43.2 Å². The highest BCUT2D eigenvalue weighted by atomic mass is 32.1. The number of thiophene rings is 1. The number of rotatable bonds is 12. The summed E-state index contributed by atoms with van der Waals surface area (Å²) in [6.07, 6.45) is 5.04. The predicted molar refractivity (Wildman–Crippen MR) is 129 cm³/mol. The van der Waals surface area contributed by atoms with E-state index in [4.69, 9.17) is 4.74 Å². The first-order valence-corrected chi connectivity index (χ1v) is 11.8. The van der Waals surface area contributed by atoms with Crippen molar-refractivity contribution in [2.45, 2.75) is 46.5 Å². The van der Waals surface area contributed by atoms with Crippen LogP contribution in [0.1, 0.15) is 43.0 Å². The molecule has 0 aliphatic heterocycles. The van der Waals surface area contributed by atoms with Gasteiger partial charge in [0.2, 0.25) is 5.91 Å². The molecule has 7 heteroatoms. The molecular formula is C24H32N4O2S. The first kappa shape index (κ1) is 23.2. The normalized spacial score (nSPS) is 11.1. The Balaban J connectivity index is 1.56. The van der Waals surface area contributed by atoms with Crippen LogP contribution in [0.5, 0.6) is 0 Å². The molecule has 1 aromatic carbocycles. The van der Waals surface area contributed by atoms with E-state index in [-0.39, 0.29) is 5.91 Å². The zero-order valence-corrected chi connectivity index (χ0v) is 19.5. The lowest BCUT2D eigenvalue weighted by atomic mass is 10.0. The van der Waals surface area contributed by atoms with Gasteiger partial charge >= 0.3 is 0 Å². The van der Waals surface area contributed by atoms with Crippen molar-refractivity contribution in [3.05, 3.63) is 41.0 Å². The van der Waals surface area contributed by atoms with E-state index in [0.717, 1.165) is 53.0 Å². The Hall–Kier alpha value is -2.51. The van der Waals surface area contributed by atoms with Crippen molar-refractivity contribution in [2.75, 3.05) is 31.6 Å². The molecule has 0 aliphatic rings. The molecule has 0 fully saturated rings. The van der Waals surface area contributed by atoms with Crippen molar-refractivity contribution in [3.63, 3.8) is 0 Å². The SMILES string of the molecule is CCCCOCCCNC(=O)CCNc1ncnc2sc(C)c(-c3ccc(C)cc3)c12. The second-order valence-electron chi connectivity index (χ2n) is 7.65. The number of nitrogens with zero attached hydrogens (tertiary/aromatic N) is 2. The van der Waals surface area contributed by atoms with E-state index in [1.54, 1.807) is 17.7 Å². The van der Waals surface area contributed by atoms with Gasteiger partial charge in [0.1, 0.15) is 17.0 Å². The van der Waals surface area contributed by atoms with Crippen molar-refractivity contribution in [2.24, 2.45) is 0 Å². The van der Waals surface area contributed by atoms with Crippen LogP contribution in [-0.2, 0) is 9.53 Å². The average molecular weight is 441 g/mol. The number of amides is 1. The van der Waals surface area contributed by atoms with E-state index in [1.807, 2.05) is 0 Å². The van der Waals surface area contributed by atoms with Crippen LogP contribution in [0.4, 0.5) is 5.82 Å². The van der Waals surface area contributed by atoms with Crippen LogP contribution in [-0.4, -0.2) is 42.2 Å². The lowest BCUT2D eigenvalue weighted by Gasteiger charge is -2.10. The van der Waals surface area contributed by atoms with Gasteiger partial charge in [0.05, 0.1) is 5.39 Å². The Labute approximate surface area is 188 Å². The zero-order chi connectivity index (χ0) is 22.1. The fraction of sp³-hybridized carbons (Fsp3) is 0.458. The molecule has 0 saturated heterocycles. The van der Waals surface area contributed by atoms with E-state index in [2.05, 4.69) is 65.6 Å². The van der Waals surface area contributed by atoms with Crippen molar-refractivity contribution in [1.29, 1.82) is 0 Å². The number of ether oxygens (including phenoxy) is 1. The van der Waals surface area contributed by atoms with Crippen LogP contribution in [0.25, 0.3) is 21.3 Å². The number of carbonyl (C=O) groups excluding carboxylic acids is 1. The summed E-state index contributed by atoms with van der Waals surface area (Å²) in [5.74, 6) is 0.814. The molecule has 0 spiro atoms. The molecule has 1 amide bonds. The van der Waals surface area contributed by atoms with Gasteiger partial charge in [-0.15, -0.1) is 11.3 Å². The minimum Gasteiger partial charge on any atom is -0.381 e. The van der Waals surface area contributed by atoms with Crippen LogP contribution in [0.3, 0.4) is 0 Å². The summed E-state index contributed by atoms with van der Waals surface area (Å²) in [4.78, 5) is 23.2. The largest absolute Gasteiger partial charge is 0.381 e. The molecular weight excluding hydrogens is 408 g/mol. The van der Waals surface area contributed by atoms with Crippen molar-refractivity contribution >= 4 is 33.3 Å². The van der Waals surface area contributed by atoms with Gasteiger partial charge in [-0.1, -0.05) is 43.2 Å². The average Bonchev–Trinajstić information content (AvgIpc) is 3.10. The Morgan fingerprint density at radius 2 is 1.84 bits per heavy atom. The molecule has 0 atom stereocenters. The third-order valence-corrected chi connectivity index (χ3v) is 6.09. The van der Waals surface area contributed by atoms with E-state index < -0.39 is 0 Å². The van der Waals surface area contributed by atoms with E-state index in [1.165, 1.54) is 10.4 Å². The molecule has 0 saturated carbocycles. The topological polar surface area (TPSA) is 76.1 Å². The quantitative estimate of drug-likeness (QED) is 0.383. The minimum absolute atomic E-state index is 0.0339. The molecule has 0 unspecified atom stereocenters. The molecule has 3 rings (SSSR count). The first-order chi connectivity index (χ1) is 15.1. The molecule has 2 N–H and O–H groups in total. The van der Waals surface area contributed by atoms with E-state index >= 15 is 0 Å². The number of benzene rings is 1. The number of anilines is 1. The fourth-order valence-electron chi connectivity index (χ4n) is 3.38. The minimum atomic E-state index is 0.0339. The number of aromatic nitrogens is 2. The Kier molecular flexibility index (Phi) is 8.79. The second kappa shape index (κ2) is 11.8. The lowest BCUT2D eigenvalue weighted by Crippen LogP contribution is -2.27. The van der Waals surface area contributed by atoms with Crippen molar-refractivity contribution in [1.82, 2.24) is 15.3 Å². The summed E-state index contributed by atoms with van der Waals surface area (Å²) in [6, 6.07) is 8.52. The summed E-state index contributed by atoms with van der Waals surface area (Å²) in [7, 11) is 0. The maximum absolute atomic E-state index is 12.1. The highest BCUT2D eigenvalue weighted by Crippen LogP contribution is 2.40. The monoisotopic (exact) mass is 440 g/mol. The number of hydrogen-bond acceptors (Lipinski definition) is 6. The van der Waals surface area contributed by atoms with Gasteiger partial charge in [0.25, 0.3) is 0 Å². The molecule has 31 heavy (non-hydrogen) atoms. The second-order valence-corrected chi connectivity index (χ2v) is 8.85. The molecule has 0 aliphatic carbocycles. The third kappa shape index (κ3) is 6.48. The number of carbonyl (C=O) groups is 1. The van der Waals surface area contributed by atoms with Gasteiger partial charge in [-0.05, 0) is 32.3 Å². The number of unbranched alkanes of at least 4 members (excludes halogenated alkanes) is 1. The van der Waals surface area contributed by atoms with Crippen LogP contribution in [0.15, 0.2) is 30.6 Å². The Bertz CT molecular complexity index is 985. The highest BCUT2D eigenvalue weighted by Gasteiger charge is 2.16. The van der Waals surface area contributed by atoms with Gasteiger partial charge in [-0.25, -0.2) is 9.97 Å². The standard InChI is InChI=1S/C24H32N4O2S/c1-4-5-14-30-15-6-12-25-20(29)11-13-26-23-22-21(19-9-7-17(2)8-10-19)18(3)31-24(22)28-16-27-23/h7-10,16H,4-6,11-15H2,1-3H3,(H,25,29)(H,26,27,28). The van der Waals surface area contributed by atoms with Gasteiger partial charge in [-0.3, -0.25) is 4.79 Å². The molecule has 2 heterocycles. The molecule has 166 valence electrons. The molecule has 3 aromatic rings. The van der Waals surface area contributed by atoms with Crippen LogP contribution in [0, 0.1) is 13.8 Å². The number of hydrogen-bond donors (Lipinski definition) is 2. The smallest absolute Gasteiger partial charge is 0.221 e. The van der Waals surface area contributed by atoms with Crippen LogP contribution < -0.4 is 10.6 Å². The summed E-state index contributed by atoms with van der Waals surface area (Å²) in [6.45, 7) is 9.00. The zero-order valence-electron chi connectivity index (χ0n) is 18.7. The molecule has 0 bridgehead atoms. The number of aryl methyl sites for hydroxylation is 2. The van der Waals surface area contributed by atoms with Gasteiger partial charge in [0.15, 0.2) is 0 Å². The van der Waals surface area contributed by atoms with Crippen LogP contribution in [0.2, 0.25) is 0 Å². The maximum Gasteiger partial charge on any atom is 0.221 e. The van der Waals surface area contributed by atoms with Crippen molar-refractivity contribution < 1.29 is 9.53 Å². The van der Waals surface area contributed by atoms with Gasteiger partial charge < -0.3 is 15.4 Å². The van der Waals surface area contributed by atoms with Crippen LogP contribution >= 0.6 is 11.3 Å². The lowest BCUT2D eigenvalue weighted by molar-refractivity contribution is -0.120.